The first kappa shape index (κ1) is 16.2. The SMILES string of the molecule is CCCOc1ccccc1OC1CC(CC)CCC1NC. The fourth-order valence-electron chi connectivity index (χ4n) is 3.08. The van der Waals surface area contributed by atoms with Crippen LogP contribution in [0.25, 0.3) is 0 Å². The van der Waals surface area contributed by atoms with Gasteiger partial charge in [-0.1, -0.05) is 32.4 Å². The molecule has 0 saturated heterocycles. The van der Waals surface area contributed by atoms with Gasteiger partial charge in [-0.05, 0) is 50.8 Å². The second kappa shape index (κ2) is 8.28. The van der Waals surface area contributed by atoms with E-state index in [2.05, 4.69) is 19.2 Å². The number of para-hydroxylation sites is 2. The monoisotopic (exact) mass is 291 g/mol. The van der Waals surface area contributed by atoms with Crippen molar-refractivity contribution in [3.05, 3.63) is 24.3 Å². The van der Waals surface area contributed by atoms with Gasteiger partial charge in [0, 0.05) is 6.04 Å². The third-order valence-electron chi connectivity index (χ3n) is 4.44. The summed E-state index contributed by atoms with van der Waals surface area (Å²) in [5.74, 6) is 2.53. The summed E-state index contributed by atoms with van der Waals surface area (Å²) in [4.78, 5) is 0. The van der Waals surface area contributed by atoms with Crippen LogP contribution in [-0.2, 0) is 0 Å². The van der Waals surface area contributed by atoms with Crippen LogP contribution in [0.1, 0.15) is 46.0 Å². The molecule has 1 N–H and O–H groups in total. The standard InChI is InChI=1S/C18H29NO2/c1-4-12-20-16-8-6-7-9-17(16)21-18-13-14(5-2)10-11-15(18)19-3/h6-9,14-15,18-19H,4-5,10-13H2,1-3H3. The zero-order chi connectivity index (χ0) is 15.1. The van der Waals surface area contributed by atoms with Crippen molar-refractivity contribution in [1.29, 1.82) is 0 Å². The summed E-state index contributed by atoms with van der Waals surface area (Å²) in [6.45, 7) is 5.13. The molecule has 1 fully saturated rings. The zero-order valence-corrected chi connectivity index (χ0v) is 13.6. The molecule has 0 aromatic heterocycles. The molecule has 2 rings (SSSR count). The summed E-state index contributed by atoms with van der Waals surface area (Å²) in [6.07, 6.45) is 6.11. The fraction of sp³-hybridized carbons (Fsp3) is 0.667. The van der Waals surface area contributed by atoms with Gasteiger partial charge >= 0.3 is 0 Å². The molecule has 3 unspecified atom stereocenters. The zero-order valence-electron chi connectivity index (χ0n) is 13.6. The molecule has 3 heteroatoms. The topological polar surface area (TPSA) is 30.5 Å². The van der Waals surface area contributed by atoms with Crippen molar-refractivity contribution in [3.8, 4) is 11.5 Å². The van der Waals surface area contributed by atoms with Gasteiger partial charge in [-0.15, -0.1) is 0 Å². The quantitative estimate of drug-likeness (QED) is 0.823. The Balaban J connectivity index is 2.07. The van der Waals surface area contributed by atoms with Gasteiger partial charge in [-0.2, -0.15) is 0 Å². The number of ether oxygens (including phenoxy) is 2. The van der Waals surface area contributed by atoms with E-state index >= 15 is 0 Å². The minimum absolute atomic E-state index is 0.236. The Labute approximate surface area is 129 Å². The van der Waals surface area contributed by atoms with Crippen LogP contribution in [0.15, 0.2) is 24.3 Å². The molecule has 1 aliphatic rings. The summed E-state index contributed by atoms with van der Waals surface area (Å²) in [6, 6.07) is 8.48. The van der Waals surface area contributed by atoms with Gasteiger partial charge in [0.1, 0.15) is 6.10 Å². The van der Waals surface area contributed by atoms with E-state index in [1.54, 1.807) is 0 Å². The Morgan fingerprint density at radius 3 is 2.57 bits per heavy atom. The first-order valence-corrected chi connectivity index (χ1v) is 8.34. The molecule has 1 aromatic carbocycles. The Hall–Kier alpha value is -1.22. The van der Waals surface area contributed by atoms with Gasteiger partial charge in [-0.25, -0.2) is 0 Å². The number of nitrogens with one attached hydrogen (secondary N) is 1. The third kappa shape index (κ3) is 4.37. The van der Waals surface area contributed by atoms with E-state index in [-0.39, 0.29) is 6.10 Å². The predicted molar refractivity (Wildman–Crippen MR) is 87.1 cm³/mol. The lowest BCUT2D eigenvalue weighted by Crippen LogP contribution is -2.45. The van der Waals surface area contributed by atoms with E-state index in [4.69, 9.17) is 9.47 Å². The molecule has 1 aliphatic carbocycles. The molecule has 0 aliphatic heterocycles. The van der Waals surface area contributed by atoms with E-state index in [0.717, 1.165) is 36.9 Å². The van der Waals surface area contributed by atoms with E-state index in [0.29, 0.717) is 6.04 Å². The highest BCUT2D eigenvalue weighted by Crippen LogP contribution is 2.33. The number of hydrogen-bond donors (Lipinski definition) is 1. The van der Waals surface area contributed by atoms with Crippen LogP contribution in [0.2, 0.25) is 0 Å². The minimum Gasteiger partial charge on any atom is -0.490 e. The smallest absolute Gasteiger partial charge is 0.161 e. The first-order valence-electron chi connectivity index (χ1n) is 8.34. The molecule has 0 heterocycles. The van der Waals surface area contributed by atoms with Crippen molar-refractivity contribution in [2.75, 3.05) is 13.7 Å². The molecule has 1 aromatic rings. The maximum atomic E-state index is 6.33. The van der Waals surface area contributed by atoms with Crippen LogP contribution in [0.4, 0.5) is 0 Å². The van der Waals surface area contributed by atoms with E-state index in [1.165, 1.54) is 19.3 Å². The van der Waals surface area contributed by atoms with Crippen LogP contribution >= 0.6 is 0 Å². The molecule has 0 spiro atoms. The molecule has 1 saturated carbocycles. The molecule has 118 valence electrons. The van der Waals surface area contributed by atoms with Gasteiger partial charge in [-0.3, -0.25) is 0 Å². The molecule has 21 heavy (non-hydrogen) atoms. The van der Waals surface area contributed by atoms with Crippen LogP contribution in [0.3, 0.4) is 0 Å². The normalized spacial score (nSPS) is 25.6. The van der Waals surface area contributed by atoms with Gasteiger partial charge in [0.25, 0.3) is 0 Å². The second-order valence-corrected chi connectivity index (χ2v) is 5.93. The Bertz CT molecular complexity index is 421. The molecular formula is C18H29NO2. The second-order valence-electron chi connectivity index (χ2n) is 5.93. The summed E-state index contributed by atoms with van der Waals surface area (Å²) in [5, 5.41) is 3.42. The molecule has 3 atom stereocenters. The van der Waals surface area contributed by atoms with Crippen molar-refractivity contribution >= 4 is 0 Å². The highest BCUT2D eigenvalue weighted by atomic mass is 16.5. The fourth-order valence-corrected chi connectivity index (χ4v) is 3.08. The van der Waals surface area contributed by atoms with E-state index in [1.807, 2.05) is 31.3 Å². The van der Waals surface area contributed by atoms with Crippen molar-refractivity contribution in [2.45, 2.75) is 58.1 Å². The lowest BCUT2D eigenvalue weighted by atomic mass is 9.82. The molecule has 0 bridgehead atoms. The van der Waals surface area contributed by atoms with Crippen molar-refractivity contribution in [1.82, 2.24) is 5.32 Å². The molecular weight excluding hydrogens is 262 g/mol. The molecule has 0 amide bonds. The van der Waals surface area contributed by atoms with Gasteiger partial charge < -0.3 is 14.8 Å². The average molecular weight is 291 g/mol. The van der Waals surface area contributed by atoms with Gasteiger partial charge in [0.05, 0.1) is 6.61 Å². The highest BCUT2D eigenvalue weighted by Gasteiger charge is 2.30. The Kier molecular flexibility index (Phi) is 6.37. The number of benzene rings is 1. The van der Waals surface area contributed by atoms with Crippen LogP contribution < -0.4 is 14.8 Å². The van der Waals surface area contributed by atoms with Crippen molar-refractivity contribution < 1.29 is 9.47 Å². The highest BCUT2D eigenvalue weighted by molar-refractivity contribution is 5.39. The number of likely N-dealkylation sites (N-methyl/N-ethyl adjacent to an activating group) is 1. The van der Waals surface area contributed by atoms with Crippen molar-refractivity contribution in [2.24, 2.45) is 5.92 Å². The lowest BCUT2D eigenvalue weighted by Gasteiger charge is -2.36. The maximum absolute atomic E-state index is 6.33. The summed E-state index contributed by atoms with van der Waals surface area (Å²) in [7, 11) is 2.03. The maximum Gasteiger partial charge on any atom is 0.161 e. The van der Waals surface area contributed by atoms with Crippen molar-refractivity contribution in [3.63, 3.8) is 0 Å². The van der Waals surface area contributed by atoms with Crippen LogP contribution in [0.5, 0.6) is 11.5 Å². The molecule has 3 nitrogen and oxygen atoms in total. The summed E-state index contributed by atoms with van der Waals surface area (Å²) in [5.41, 5.74) is 0. The predicted octanol–water partition coefficient (Wildman–Crippen LogP) is 4.02. The van der Waals surface area contributed by atoms with E-state index in [9.17, 15) is 0 Å². The number of rotatable bonds is 7. The largest absolute Gasteiger partial charge is 0.490 e. The minimum atomic E-state index is 0.236. The van der Waals surface area contributed by atoms with Gasteiger partial charge in [0.2, 0.25) is 0 Å². The van der Waals surface area contributed by atoms with Crippen LogP contribution in [-0.4, -0.2) is 25.8 Å². The Morgan fingerprint density at radius 2 is 1.90 bits per heavy atom. The van der Waals surface area contributed by atoms with Gasteiger partial charge in [0.15, 0.2) is 11.5 Å². The Morgan fingerprint density at radius 1 is 1.14 bits per heavy atom. The van der Waals surface area contributed by atoms with Crippen LogP contribution in [0, 0.1) is 5.92 Å². The first-order chi connectivity index (χ1) is 10.3. The average Bonchev–Trinajstić information content (AvgIpc) is 2.54. The summed E-state index contributed by atoms with van der Waals surface area (Å²) >= 11 is 0. The molecule has 0 radical (unpaired) electrons. The van der Waals surface area contributed by atoms with E-state index < -0.39 is 0 Å². The third-order valence-corrected chi connectivity index (χ3v) is 4.44. The summed E-state index contributed by atoms with van der Waals surface area (Å²) < 4.78 is 12.1. The number of hydrogen-bond acceptors (Lipinski definition) is 3. The lowest BCUT2D eigenvalue weighted by molar-refractivity contribution is 0.0846.